The van der Waals surface area contributed by atoms with E-state index in [0.29, 0.717) is 13.0 Å². The van der Waals surface area contributed by atoms with Gasteiger partial charge in [0.05, 0.1) is 0 Å². The monoisotopic (exact) mass is 280 g/mol. The average molecular weight is 280 g/mol. The van der Waals surface area contributed by atoms with Crippen molar-refractivity contribution in [3.63, 3.8) is 0 Å². The quantitative estimate of drug-likeness (QED) is 0.732. The molecule has 1 aromatic heterocycles. The smallest absolute Gasteiger partial charge is 0.221 e. The Morgan fingerprint density at radius 3 is 2.70 bits per heavy atom. The fraction of sp³-hybridized carbons (Fsp3) is 0.769. The highest BCUT2D eigenvalue weighted by Gasteiger charge is 2.14. The van der Waals surface area contributed by atoms with Gasteiger partial charge in [0.15, 0.2) is 0 Å². The number of hydrogen-bond acceptors (Lipinski definition) is 5. The van der Waals surface area contributed by atoms with Gasteiger partial charge in [0, 0.05) is 59.2 Å². The summed E-state index contributed by atoms with van der Waals surface area (Å²) in [5, 5.41) is 10.7. The van der Waals surface area contributed by atoms with E-state index in [1.807, 2.05) is 11.6 Å². The molecule has 0 atom stereocenters. The maximum atomic E-state index is 11.8. The molecule has 7 heteroatoms. The molecule has 0 bridgehead atoms. The van der Waals surface area contributed by atoms with E-state index < -0.39 is 0 Å². The number of piperazine rings is 1. The third-order valence-corrected chi connectivity index (χ3v) is 3.73. The third kappa shape index (κ3) is 4.57. The van der Waals surface area contributed by atoms with Crippen LogP contribution in [0.5, 0.6) is 0 Å². The summed E-state index contributed by atoms with van der Waals surface area (Å²) in [6.07, 6.45) is 2.96. The van der Waals surface area contributed by atoms with Crippen molar-refractivity contribution >= 4 is 5.91 Å². The zero-order valence-corrected chi connectivity index (χ0v) is 12.4. The molecule has 1 aliphatic heterocycles. The van der Waals surface area contributed by atoms with Crippen LogP contribution >= 0.6 is 0 Å². The van der Waals surface area contributed by atoms with Gasteiger partial charge in [-0.3, -0.25) is 4.79 Å². The minimum Gasteiger partial charge on any atom is -0.356 e. The summed E-state index contributed by atoms with van der Waals surface area (Å²) in [6.45, 7) is 5.77. The maximum Gasteiger partial charge on any atom is 0.221 e. The van der Waals surface area contributed by atoms with Crippen LogP contribution in [0.3, 0.4) is 0 Å². The second-order valence-electron chi connectivity index (χ2n) is 5.35. The molecule has 1 amide bonds. The topological polar surface area (TPSA) is 66.3 Å². The molecule has 0 aromatic carbocycles. The van der Waals surface area contributed by atoms with Gasteiger partial charge in [-0.1, -0.05) is 0 Å². The van der Waals surface area contributed by atoms with Crippen LogP contribution in [0, 0.1) is 0 Å². The van der Waals surface area contributed by atoms with Gasteiger partial charge >= 0.3 is 0 Å². The molecular weight excluding hydrogens is 256 g/mol. The number of carbonyl (C=O) groups excluding carboxylic acids is 1. The van der Waals surface area contributed by atoms with E-state index in [-0.39, 0.29) is 5.91 Å². The van der Waals surface area contributed by atoms with Crippen molar-refractivity contribution in [2.45, 2.75) is 12.8 Å². The second-order valence-corrected chi connectivity index (χ2v) is 5.35. The van der Waals surface area contributed by atoms with Gasteiger partial charge < -0.3 is 19.7 Å². The zero-order chi connectivity index (χ0) is 14.4. The first kappa shape index (κ1) is 14.9. The van der Waals surface area contributed by atoms with E-state index in [9.17, 15) is 4.79 Å². The molecule has 20 heavy (non-hydrogen) atoms. The number of likely N-dealkylation sites (N-methyl/N-ethyl adjacent to an activating group) is 1. The van der Waals surface area contributed by atoms with Crippen molar-refractivity contribution in [2.24, 2.45) is 7.05 Å². The molecule has 1 aliphatic rings. The minimum atomic E-state index is 0.117. The molecule has 0 aliphatic carbocycles. The van der Waals surface area contributed by atoms with Crippen LogP contribution in [0.25, 0.3) is 0 Å². The molecule has 1 fully saturated rings. The Hall–Kier alpha value is -1.47. The number of amides is 1. The molecular formula is C13H24N6O. The molecule has 2 heterocycles. The van der Waals surface area contributed by atoms with Crippen molar-refractivity contribution in [2.75, 3.05) is 46.3 Å². The first-order valence-electron chi connectivity index (χ1n) is 7.15. The molecule has 0 unspecified atom stereocenters. The highest BCUT2D eigenvalue weighted by molar-refractivity contribution is 5.76. The number of rotatable bonds is 6. The average Bonchev–Trinajstić information content (AvgIpc) is 2.84. The normalized spacial score (nSPS) is 17.3. The predicted molar refractivity (Wildman–Crippen MR) is 76.3 cm³/mol. The summed E-state index contributed by atoms with van der Waals surface area (Å²) >= 11 is 0. The lowest BCUT2D eigenvalue weighted by molar-refractivity contribution is -0.121. The summed E-state index contributed by atoms with van der Waals surface area (Å²) in [6, 6.07) is 0. The molecule has 112 valence electrons. The van der Waals surface area contributed by atoms with E-state index >= 15 is 0 Å². The van der Waals surface area contributed by atoms with Gasteiger partial charge in [0.1, 0.15) is 12.2 Å². The van der Waals surface area contributed by atoms with Crippen molar-refractivity contribution in [3.8, 4) is 0 Å². The van der Waals surface area contributed by atoms with Crippen LogP contribution in [0.15, 0.2) is 6.33 Å². The van der Waals surface area contributed by atoms with Crippen LogP contribution in [0.1, 0.15) is 12.2 Å². The summed E-state index contributed by atoms with van der Waals surface area (Å²) in [7, 11) is 4.04. The Balaban J connectivity index is 1.57. The Bertz CT molecular complexity index is 424. The number of aromatic nitrogens is 3. The van der Waals surface area contributed by atoms with Gasteiger partial charge in [-0.25, -0.2) is 0 Å². The Labute approximate surface area is 119 Å². The standard InChI is InChI=1S/C13H24N6O/c1-17-7-9-19(10-8-17)6-4-13(20)14-5-3-12-16-15-11-18(12)2/h11H,3-10H2,1-2H3,(H,14,20). The lowest BCUT2D eigenvalue weighted by atomic mass is 10.3. The van der Waals surface area contributed by atoms with Crippen molar-refractivity contribution in [3.05, 3.63) is 12.2 Å². The molecule has 1 N–H and O–H groups in total. The fourth-order valence-corrected chi connectivity index (χ4v) is 2.27. The van der Waals surface area contributed by atoms with E-state index in [1.165, 1.54) is 0 Å². The molecule has 1 aromatic rings. The third-order valence-electron chi connectivity index (χ3n) is 3.73. The zero-order valence-electron chi connectivity index (χ0n) is 12.4. The number of aryl methyl sites for hydroxylation is 1. The van der Waals surface area contributed by atoms with E-state index in [0.717, 1.165) is 45.0 Å². The Morgan fingerprint density at radius 1 is 1.30 bits per heavy atom. The van der Waals surface area contributed by atoms with Crippen molar-refractivity contribution in [1.29, 1.82) is 0 Å². The summed E-state index contributed by atoms with van der Waals surface area (Å²) in [4.78, 5) is 16.4. The lowest BCUT2D eigenvalue weighted by Crippen LogP contribution is -2.45. The first-order chi connectivity index (χ1) is 9.65. The number of hydrogen-bond donors (Lipinski definition) is 1. The van der Waals surface area contributed by atoms with E-state index in [4.69, 9.17) is 0 Å². The molecule has 2 rings (SSSR count). The predicted octanol–water partition coefficient (Wildman–Crippen LogP) is -0.889. The Kier molecular flexibility index (Phi) is 5.49. The van der Waals surface area contributed by atoms with Crippen LogP contribution in [0.4, 0.5) is 0 Å². The molecule has 0 radical (unpaired) electrons. The summed E-state index contributed by atoms with van der Waals surface area (Å²) in [5.41, 5.74) is 0. The highest BCUT2D eigenvalue weighted by Crippen LogP contribution is 2.00. The first-order valence-corrected chi connectivity index (χ1v) is 7.15. The van der Waals surface area contributed by atoms with E-state index in [1.54, 1.807) is 6.33 Å². The SMILES string of the molecule is CN1CCN(CCC(=O)NCCc2nncn2C)CC1. The molecule has 1 saturated heterocycles. The van der Waals surface area contributed by atoms with Crippen LogP contribution in [-0.2, 0) is 18.3 Å². The van der Waals surface area contributed by atoms with E-state index in [2.05, 4.69) is 32.4 Å². The molecule has 7 nitrogen and oxygen atoms in total. The summed E-state index contributed by atoms with van der Waals surface area (Å²) in [5.74, 6) is 1.01. The lowest BCUT2D eigenvalue weighted by Gasteiger charge is -2.32. The maximum absolute atomic E-state index is 11.8. The van der Waals surface area contributed by atoms with Gasteiger partial charge in [0.2, 0.25) is 5.91 Å². The fourth-order valence-electron chi connectivity index (χ4n) is 2.27. The number of nitrogens with zero attached hydrogens (tertiary/aromatic N) is 5. The minimum absolute atomic E-state index is 0.117. The highest BCUT2D eigenvalue weighted by atomic mass is 16.1. The van der Waals surface area contributed by atoms with Gasteiger partial charge in [-0.2, -0.15) is 0 Å². The largest absolute Gasteiger partial charge is 0.356 e. The number of nitrogens with one attached hydrogen (secondary N) is 1. The molecule has 0 spiro atoms. The van der Waals surface area contributed by atoms with Crippen molar-refractivity contribution < 1.29 is 4.79 Å². The summed E-state index contributed by atoms with van der Waals surface area (Å²) < 4.78 is 1.87. The Morgan fingerprint density at radius 2 is 2.05 bits per heavy atom. The second kappa shape index (κ2) is 7.35. The molecule has 0 saturated carbocycles. The van der Waals surface area contributed by atoms with Crippen LogP contribution in [0.2, 0.25) is 0 Å². The van der Waals surface area contributed by atoms with Gasteiger partial charge in [0.25, 0.3) is 0 Å². The van der Waals surface area contributed by atoms with Crippen molar-refractivity contribution in [1.82, 2.24) is 29.9 Å². The van der Waals surface area contributed by atoms with Gasteiger partial charge in [-0.15, -0.1) is 10.2 Å². The van der Waals surface area contributed by atoms with Crippen LogP contribution in [-0.4, -0.2) is 76.8 Å². The van der Waals surface area contributed by atoms with Gasteiger partial charge in [-0.05, 0) is 7.05 Å². The van der Waals surface area contributed by atoms with Crippen LogP contribution < -0.4 is 5.32 Å². The number of carbonyl (C=O) groups is 1.